The second-order valence-electron chi connectivity index (χ2n) is 4.63. The highest BCUT2D eigenvalue weighted by molar-refractivity contribution is 5.73. The number of aryl methyl sites for hydroxylation is 1. The van der Waals surface area contributed by atoms with Crippen LogP contribution in [0.5, 0.6) is 5.75 Å². The van der Waals surface area contributed by atoms with Gasteiger partial charge in [-0.05, 0) is 35.9 Å². The van der Waals surface area contributed by atoms with Crippen LogP contribution in [-0.4, -0.2) is 17.1 Å². The number of anilines is 1. The van der Waals surface area contributed by atoms with Crippen LogP contribution in [0.4, 0.5) is 5.69 Å². The van der Waals surface area contributed by atoms with Gasteiger partial charge in [-0.2, -0.15) is 0 Å². The number of nitrogens with two attached hydrogens (primary N) is 1. The maximum absolute atomic E-state index is 10.6. The zero-order chi connectivity index (χ0) is 14.4. The van der Waals surface area contributed by atoms with Crippen molar-refractivity contribution in [3.63, 3.8) is 0 Å². The lowest BCUT2D eigenvalue weighted by Gasteiger charge is -2.08. The Morgan fingerprint density at radius 1 is 1.30 bits per heavy atom. The van der Waals surface area contributed by atoms with Crippen molar-refractivity contribution in [1.29, 1.82) is 0 Å². The van der Waals surface area contributed by atoms with Crippen molar-refractivity contribution in [2.75, 3.05) is 11.9 Å². The zero-order valence-corrected chi connectivity index (χ0v) is 11.5. The summed E-state index contributed by atoms with van der Waals surface area (Å²) < 4.78 is 7.43. The Labute approximate surface area is 118 Å². The van der Waals surface area contributed by atoms with Crippen molar-refractivity contribution in [2.24, 2.45) is 12.8 Å². The molecule has 1 aromatic heterocycles. The van der Waals surface area contributed by atoms with Crippen LogP contribution in [0, 0.1) is 0 Å². The average molecular weight is 273 g/mol. The molecule has 1 amide bonds. The van der Waals surface area contributed by atoms with E-state index < -0.39 is 0 Å². The van der Waals surface area contributed by atoms with Crippen LogP contribution in [0.1, 0.15) is 12.0 Å². The third-order valence-electron chi connectivity index (χ3n) is 2.86. The van der Waals surface area contributed by atoms with E-state index in [1.165, 1.54) is 5.56 Å². The summed E-state index contributed by atoms with van der Waals surface area (Å²) in [4.78, 5) is 10.6. The Kier molecular flexibility index (Phi) is 4.65. The Morgan fingerprint density at radius 2 is 2.05 bits per heavy atom. The van der Waals surface area contributed by atoms with E-state index in [9.17, 15) is 4.79 Å². The number of ether oxygens (including phenoxy) is 1. The number of rotatable bonds is 7. The number of nitrogens with zero attached hydrogens (tertiary/aromatic N) is 1. The number of primary amides is 1. The van der Waals surface area contributed by atoms with Gasteiger partial charge in [0.1, 0.15) is 5.75 Å². The summed E-state index contributed by atoms with van der Waals surface area (Å²) in [7, 11) is 2.00. The van der Waals surface area contributed by atoms with Crippen molar-refractivity contribution in [3.8, 4) is 5.75 Å². The average Bonchev–Trinajstić information content (AvgIpc) is 2.83. The topological polar surface area (TPSA) is 69.3 Å². The zero-order valence-electron chi connectivity index (χ0n) is 11.5. The normalized spacial score (nSPS) is 10.2. The van der Waals surface area contributed by atoms with E-state index in [2.05, 4.69) is 17.6 Å². The SMILES string of the molecule is Cn1ccc(CNc2ccc(OCCC(N)=O)cc2)c1. The monoisotopic (exact) mass is 273 g/mol. The number of aromatic nitrogens is 1. The number of hydrogen-bond acceptors (Lipinski definition) is 3. The fourth-order valence-corrected chi connectivity index (χ4v) is 1.81. The lowest BCUT2D eigenvalue weighted by Crippen LogP contribution is -2.14. The molecule has 0 aliphatic carbocycles. The van der Waals surface area contributed by atoms with Crippen LogP contribution in [0.15, 0.2) is 42.7 Å². The standard InChI is InChI=1S/C15H19N3O2/c1-18-8-6-12(11-18)10-17-13-2-4-14(5-3-13)20-9-7-15(16)19/h2-6,8,11,17H,7,9-10H2,1H3,(H2,16,19). The summed E-state index contributed by atoms with van der Waals surface area (Å²) in [6.45, 7) is 1.09. The lowest BCUT2D eigenvalue weighted by atomic mass is 10.2. The number of nitrogens with one attached hydrogen (secondary N) is 1. The first-order valence-electron chi connectivity index (χ1n) is 6.49. The third-order valence-corrected chi connectivity index (χ3v) is 2.86. The summed E-state index contributed by atoms with van der Waals surface area (Å²) in [5.74, 6) is 0.377. The molecule has 1 heterocycles. The molecular formula is C15H19N3O2. The van der Waals surface area contributed by atoms with Gasteiger partial charge in [-0.3, -0.25) is 4.79 Å². The molecule has 0 unspecified atom stereocenters. The second-order valence-corrected chi connectivity index (χ2v) is 4.63. The van der Waals surface area contributed by atoms with E-state index >= 15 is 0 Å². The molecule has 2 rings (SSSR count). The molecule has 0 aliphatic heterocycles. The Bertz CT molecular complexity index is 561. The summed E-state index contributed by atoms with van der Waals surface area (Å²) in [6.07, 6.45) is 4.33. The number of amides is 1. The molecule has 1 aromatic carbocycles. The van der Waals surface area contributed by atoms with Gasteiger partial charge in [0.25, 0.3) is 0 Å². The first-order chi connectivity index (χ1) is 9.63. The third kappa shape index (κ3) is 4.35. The Hall–Kier alpha value is -2.43. The number of hydrogen-bond donors (Lipinski definition) is 2. The minimum absolute atomic E-state index is 0.230. The Balaban J connectivity index is 1.80. The molecule has 20 heavy (non-hydrogen) atoms. The first-order valence-corrected chi connectivity index (χ1v) is 6.49. The largest absolute Gasteiger partial charge is 0.493 e. The molecule has 5 heteroatoms. The van der Waals surface area contributed by atoms with Gasteiger partial charge in [-0.15, -0.1) is 0 Å². The van der Waals surface area contributed by atoms with E-state index in [0.717, 1.165) is 18.0 Å². The minimum Gasteiger partial charge on any atom is -0.493 e. The van der Waals surface area contributed by atoms with Crippen LogP contribution in [-0.2, 0) is 18.4 Å². The molecule has 0 aliphatic rings. The molecule has 0 saturated heterocycles. The van der Waals surface area contributed by atoms with Gasteiger partial charge >= 0.3 is 0 Å². The lowest BCUT2D eigenvalue weighted by molar-refractivity contribution is -0.118. The van der Waals surface area contributed by atoms with Gasteiger partial charge in [-0.25, -0.2) is 0 Å². The summed E-state index contributed by atoms with van der Waals surface area (Å²) >= 11 is 0. The molecule has 0 fully saturated rings. The summed E-state index contributed by atoms with van der Waals surface area (Å²) in [6, 6.07) is 9.71. The van der Waals surface area contributed by atoms with Crippen LogP contribution in [0.25, 0.3) is 0 Å². The van der Waals surface area contributed by atoms with Gasteiger partial charge in [0, 0.05) is 31.7 Å². The van der Waals surface area contributed by atoms with Crippen molar-refractivity contribution in [3.05, 3.63) is 48.3 Å². The van der Waals surface area contributed by atoms with Crippen molar-refractivity contribution in [1.82, 2.24) is 4.57 Å². The van der Waals surface area contributed by atoms with E-state index in [0.29, 0.717) is 6.61 Å². The molecule has 5 nitrogen and oxygen atoms in total. The fourth-order valence-electron chi connectivity index (χ4n) is 1.81. The van der Waals surface area contributed by atoms with Gasteiger partial charge in [0.2, 0.25) is 5.91 Å². The number of carbonyl (C=O) groups is 1. The predicted molar refractivity (Wildman–Crippen MR) is 78.5 cm³/mol. The van der Waals surface area contributed by atoms with E-state index in [4.69, 9.17) is 10.5 Å². The van der Waals surface area contributed by atoms with Crippen molar-refractivity contribution in [2.45, 2.75) is 13.0 Å². The number of carbonyl (C=O) groups excluding carboxylic acids is 1. The van der Waals surface area contributed by atoms with E-state index in [-0.39, 0.29) is 12.3 Å². The smallest absolute Gasteiger partial charge is 0.220 e. The molecule has 0 bridgehead atoms. The molecule has 106 valence electrons. The maximum Gasteiger partial charge on any atom is 0.220 e. The molecule has 0 saturated carbocycles. The predicted octanol–water partition coefficient (Wildman–Crippen LogP) is 1.89. The number of benzene rings is 1. The highest BCUT2D eigenvalue weighted by Crippen LogP contribution is 2.16. The van der Waals surface area contributed by atoms with E-state index in [1.54, 1.807) is 0 Å². The maximum atomic E-state index is 10.6. The van der Waals surface area contributed by atoms with E-state index in [1.807, 2.05) is 42.1 Å². The van der Waals surface area contributed by atoms with Crippen molar-refractivity contribution >= 4 is 11.6 Å². The summed E-state index contributed by atoms with van der Waals surface area (Å²) in [5, 5.41) is 3.33. The highest BCUT2D eigenvalue weighted by atomic mass is 16.5. The summed E-state index contributed by atoms with van der Waals surface area (Å²) in [5.41, 5.74) is 7.30. The molecular weight excluding hydrogens is 254 g/mol. The molecule has 0 spiro atoms. The van der Waals surface area contributed by atoms with Crippen LogP contribution >= 0.6 is 0 Å². The van der Waals surface area contributed by atoms with Gasteiger partial charge < -0.3 is 20.4 Å². The Morgan fingerprint density at radius 3 is 2.65 bits per heavy atom. The fraction of sp³-hybridized carbons (Fsp3) is 0.267. The first kappa shape index (κ1) is 14.0. The second kappa shape index (κ2) is 6.65. The van der Waals surface area contributed by atoms with Crippen molar-refractivity contribution < 1.29 is 9.53 Å². The molecule has 0 atom stereocenters. The van der Waals surface area contributed by atoms with Gasteiger partial charge in [0.15, 0.2) is 0 Å². The minimum atomic E-state index is -0.355. The molecule has 3 N–H and O–H groups in total. The van der Waals surface area contributed by atoms with Crippen LogP contribution < -0.4 is 15.8 Å². The van der Waals surface area contributed by atoms with Gasteiger partial charge in [0.05, 0.1) is 13.0 Å². The van der Waals surface area contributed by atoms with Crippen LogP contribution in [0.2, 0.25) is 0 Å². The molecule has 2 aromatic rings. The highest BCUT2D eigenvalue weighted by Gasteiger charge is 1.99. The van der Waals surface area contributed by atoms with Gasteiger partial charge in [-0.1, -0.05) is 0 Å². The quantitative estimate of drug-likeness (QED) is 0.809. The van der Waals surface area contributed by atoms with Crippen LogP contribution in [0.3, 0.4) is 0 Å². The molecule has 0 radical (unpaired) electrons.